The number of hydrogen-bond donors (Lipinski definition) is 0. The Labute approximate surface area is 51.1 Å². The second-order valence-corrected chi connectivity index (χ2v) is 2.45. The molecule has 46 valence electrons. The van der Waals surface area contributed by atoms with E-state index in [9.17, 15) is 0 Å². The topological polar surface area (TPSA) is 18.5 Å². The van der Waals surface area contributed by atoms with Crippen molar-refractivity contribution in [3.8, 4) is 11.6 Å². The van der Waals surface area contributed by atoms with Gasteiger partial charge in [0.15, 0.2) is 0 Å². The quantitative estimate of drug-likeness (QED) is 0.419. The van der Waals surface area contributed by atoms with Crippen molar-refractivity contribution in [2.75, 3.05) is 14.2 Å². The smallest absolute Gasteiger partial charge is 0.256 e. The van der Waals surface area contributed by atoms with Crippen LogP contribution in [0.25, 0.3) is 0 Å². The molecule has 0 rings (SSSR count). The fourth-order valence-electron chi connectivity index (χ4n) is 0.257. The van der Waals surface area contributed by atoms with Crippen LogP contribution in [0.4, 0.5) is 0 Å². The summed E-state index contributed by atoms with van der Waals surface area (Å²) in [6.07, 6.45) is 0. The van der Waals surface area contributed by atoms with Crippen LogP contribution in [0.2, 0.25) is 0 Å². The summed E-state index contributed by atoms with van der Waals surface area (Å²) in [6.45, 7) is 1.76. The molecule has 0 spiro atoms. The highest BCUT2D eigenvalue weighted by Gasteiger charge is 1.96. The Hall–Kier alpha value is -0.0900. The lowest BCUT2D eigenvalue weighted by Gasteiger charge is -2.00. The molecule has 0 aliphatic rings. The van der Waals surface area contributed by atoms with Crippen LogP contribution < -0.4 is 0 Å². The van der Waals surface area contributed by atoms with Crippen LogP contribution in [-0.2, 0) is 9.05 Å². The van der Waals surface area contributed by atoms with Gasteiger partial charge in [0.1, 0.15) is 0 Å². The van der Waals surface area contributed by atoms with Crippen molar-refractivity contribution < 1.29 is 9.05 Å². The molecule has 0 amide bonds. The average Bonchev–Trinajstić information content (AvgIpc) is 1.83. The van der Waals surface area contributed by atoms with Crippen molar-refractivity contribution in [1.29, 1.82) is 0 Å². The normalized spacial score (nSPS) is 8.50. The minimum absolute atomic E-state index is 0.917. The molecule has 0 atom stereocenters. The van der Waals surface area contributed by atoms with Crippen LogP contribution in [0.15, 0.2) is 0 Å². The highest BCUT2D eigenvalue weighted by molar-refractivity contribution is 7.52. The predicted molar refractivity (Wildman–Crippen MR) is 34.4 cm³/mol. The van der Waals surface area contributed by atoms with E-state index in [1.165, 1.54) is 0 Å². The Kier molecular flexibility index (Phi) is 5.00. The molecule has 0 saturated carbocycles. The zero-order valence-corrected chi connectivity index (χ0v) is 6.16. The molecular formula is C5H9O2P. The zero-order chi connectivity index (χ0) is 6.41. The van der Waals surface area contributed by atoms with E-state index in [1.807, 2.05) is 0 Å². The van der Waals surface area contributed by atoms with E-state index in [4.69, 9.17) is 9.05 Å². The van der Waals surface area contributed by atoms with Gasteiger partial charge < -0.3 is 9.05 Å². The van der Waals surface area contributed by atoms with E-state index in [1.54, 1.807) is 21.1 Å². The van der Waals surface area contributed by atoms with Crippen molar-refractivity contribution in [2.24, 2.45) is 0 Å². The number of rotatable bonds is 2. The van der Waals surface area contributed by atoms with Gasteiger partial charge in [-0.2, -0.15) is 0 Å². The van der Waals surface area contributed by atoms with Gasteiger partial charge in [-0.1, -0.05) is 5.92 Å². The molecule has 0 heterocycles. The SMILES string of the molecule is CC#CP(OC)OC. The van der Waals surface area contributed by atoms with Crippen molar-refractivity contribution in [3.63, 3.8) is 0 Å². The molecule has 0 aromatic heterocycles. The standard InChI is InChI=1S/C5H9O2P/c1-4-5-8(6-2)7-3/h1-3H3. The number of hydrogen-bond acceptors (Lipinski definition) is 2. The van der Waals surface area contributed by atoms with E-state index in [2.05, 4.69) is 11.6 Å². The Morgan fingerprint density at radius 1 is 1.25 bits per heavy atom. The maximum Gasteiger partial charge on any atom is 0.256 e. The van der Waals surface area contributed by atoms with Crippen molar-refractivity contribution in [2.45, 2.75) is 6.92 Å². The lowest BCUT2D eigenvalue weighted by molar-refractivity contribution is 0.351. The van der Waals surface area contributed by atoms with E-state index in [0.29, 0.717) is 0 Å². The summed E-state index contributed by atoms with van der Waals surface area (Å²) >= 11 is 0. The lowest BCUT2D eigenvalue weighted by atomic mass is 10.9. The van der Waals surface area contributed by atoms with Gasteiger partial charge in [0.2, 0.25) is 0 Å². The van der Waals surface area contributed by atoms with Crippen LogP contribution in [-0.4, -0.2) is 14.2 Å². The highest BCUT2D eigenvalue weighted by atomic mass is 31.2. The third-order valence-electron chi connectivity index (χ3n) is 0.535. The van der Waals surface area contributed by atoms with E-state index < -0.39 is 8.38 Å². The molecule has 3 heteroatoms. The van der Waals surface area contributed by atoms with Gasteiger partial charge >= 0.3 is 0 Å². The maximum absolute atomic E-state index is 4.81. The van der Waals surface area contributed by atoms with Crippen LogP contribution in [0, 0.1) is 11.6 Å². The maximum atomic E-state index is 4.81. The van der Waals surface area contributed by atoms with Gasteiger partial charge in [-0.25, -0.2) is 0 Å². The van der Waals surface area contributed by atoms with Crippen molar-refractivity contribution in [3.05, 3.63) is 0 Å². The Morgan fingerprint density at radius 2 is 1.75 bits per heavy atom. The van der Waals surface area contributed by atoms with E-state index in [-0.39, 0.29) is 0 Å². The zero-order valence-electron chi connectivity index (χ0n) is 5.26. The third-order valence-corrected chi connectivity index (χ3v) is 1.60. The molecule has 0 N–H and O–H groups in total. The summed E-state index contributed by atoms with van der Waals surface area (Å²) in [6, 6.07) is 0. The molecule has 0 aromatic rings. The van der Waals surface area contributed by atoms with Crippen LogP contribution in [0.5, 0.6) is 0 Å². The monoisotopic (exact) mass is 132 g/mol. The second kappa shape index (κ2) is 5.05. The Bertz CT molecular complexity index is 98.7. The highest BCUT2D eigenvalue weighted by Crippen LogP contribution is 2.33. The van der Waals surface area contributed by atoms with Gasteiger partial charge in [0, 0.05) is 14.2 Å². The minimum atomic E-state index is -0.917. The molecule has 0 bridgehead atoms. The summed E-state index contributed by atoms with van der Waals surface area (Å²) in [5, 5.41) is 0. The lowest BCUT2D eigenvalue weighted by Crippen LogP contribution is -1.75. The molecule has 2 nitrogen and oxygen atoms in total. The molecular weight excluding hydrogens is 123 g/mol. The van der Waals surface area contributed by atoms with Gasteiger partial charge in [0.05, 0.1) is 0 Å². The summed E-state index contributed by atoms with van der Waals surface area (Å²) in [7, 11) is 2.25. The average molecular weight is 132 g/mol. The molecule has 0 aliphatic carbocycles. The largest absolute Gasteiger partial charge is 0.328 e. The van der Waals surface area contributed by atoms with Crippen molar-refractivity contribution >= 4 is 8.38 Å². The first-order valence-corrected chi connectivity index (χ1v) is 3.33. The fraction of sp³-hybridized carbons (Fsp3) is 0.600. The second-order valence-electron chi connectivity index (χ2n) is 0.984. The van der Waals surface area contributed by atoms with Crippen LogP contribution in [0.3, 0.4) is 0 Å². The molecule has 0 radical (unpaired) electrons. The first-order valence-electron chi connectivity index (χ1n) is 2.16. The Balaban J connectivity index is 3.47. The minimum Gasteiger partial charge on any atom is -0.328 e. The molecule has 8 heavy (non-hydrogen) atoms. The first kappa shape index (κ1) is 7.91. The molecule has 0 aromatic carbocycles. The predicted octanol–water partition coefficient (Wildman–Crippen LogP) is 1.57. The van der Waals surface area contributed by atoms with Gasteiger partial charge in [0.25, 0.3) is 8.38 Å². The van der Waals surface area contributed by atoms with Gasteiger partial charge in [-0.3, -0.25) is 0 Å². The molecule has 0 fully saturated rings. The van der Waals surface area contributed by atoms with Gasteiger partial charge in [-0.15, -0.1) is 0 Å². The van der Waals surface area contributed by atoms with E-state index in [0.717, 1.165) is 0 Å². The van der Waals surface area contributed by atoms with Crippen molar-refractivity contribution in [1.82, 2.24) is 0 Å². The fourth-order valence-corrected chi connectivity index (χ4v) is 0.771. The summed E-state index contributed by atoms with van der Waals surface area (Å²) < 4.78 is 9.62. The summed E-state index contributed by atoms with van der Waals surface area (Å²) in [5.41, 5.74) is 2.75. The van der Waals surface area contributed by atoms with Crippen LogP contribution >= 0.6 is 8.38 Å². The third kappa shape index (κ3) is 2.98. The summed E-state index contributed by atoms with van der Waals surface area (Å²) in [5.74, 6) is 2.70. The van der Waals surface area contributed by atoms with Crippen LogP contribution in [0.1, 0.15) is 6.92 Å². The summed E-state index contributed by atoms with van der Waals surface area (Å²) in [4.78, 5) is 0. The van der Waals surface area contributed by atoms with Gasteiger partial charge in [-0.05, 0) is 12.6 Å². The molecule has 0 saturated heterocycles. The molecule has 0 unspecified atom stereocenters. The Morgan fingerprint density at radius 3 is 1.88 bits per heavy atom. The molecule has 0 aliphatic heterocycles. The van der Waals surface area contributed by atoms with E-state index >= 15 is 0 Å². The first-order chi connectivity index (χ1) is 3.85.